The number of hydrogen-bond acceptors (Lipinski definition) is 4. The molecule has 0 amide bonds. The molecule has 5 nitrogen and oxygen atoms in total. The SMILES string of the molecule is COc1cccc(Cl)c1CNCCc1ncn[nH]1. The second kappa shape index (κ2) is 6.37. The van der Waals surface area contributed by atoms with Crippen LogP contribution in [-0.4, -0.2) is 28.8 Å². The summed E-state index contributed by atoms with van der Waals surface area (Å²) < 4.78 is 5.28. The summed E-state index contributed by atoms with van der Waals surface area (Å²) in [5.74, 6) is 1.67. The molecule has 0 fully saturated rings. The van der Waals surface area contributed by atoms with Gasteiger partial charge in [-0.05, 0) is 12.1 Å². The molecule has 1 aromatic heterocycles. The first-order valence-electron chi connectivity index (χ1n) is 5.67. The zero-order valence-corrected chi connectivity index (χ0v) is 10.9. The lowest BCUT2D eigenvalue weighted by atomic mass is 10.2. The van der Waals surface area contributed by atoms with E-state index in [1.165, 1.54) is 6.33 Å². The van der Waals surface area contributed by atoms with Gasteiger partial charge in [0, 0.05) is 30.1 Å². The maximum absolute atomic E-state index is 6.14. The average molecular weight is 267 g/mol. The van der Waals surface area contributed by atoms with Crippen molar-refractivity contribution in [2.24, 2.45) is 0 Å². The highest BCUT2D eigenvalue weighted by Gasteiger charge is 2.06. The van der Waals surface area contributed by atoms with Crippen molar-refractivity contribution in [1.82, 2.24) is 20.5 Å². The summed E-state index contributed by atoms with van der Waals surface area (Å²) in [6.45, 7) is 1.46. The van der Waals surface area contributed by atoms with E-state index >= 15 is 0 Å². The van der Waals surface area contributed by atoms with Crippen molar-refractivity contribution in [2.75, 3.05) is 13.7 Å². The van der Waals surface area contributed by atoms with Gasteiger partial charge >= 0.3 is 0 Å². The van der Waals surface area contributed by atoms with E-state index in [9.17, 15) is 0 Å². The third-order valence-electron chi connectivity index (χ3n) is 2.60. The smallest absolute Gasteiger partial charge is 0.137 e. The molecule has 18 heavy (non-hydrogen) atoms. The molecule has 1 heterocycles. The summed E-state index contributed by atoms with van der Waals surface area (Å²) in [4.78, 5) is 4.05. The Balaban J connectivity index is 1.86. The molecule has 0 saturated heterocycles. The fourth-order valence-corrected chi connectivity index (χ4v) is 1.91. The number of halogens is 1. The number of aromatic nitrogens is 3. The van der Waals surface area contributed by atoms with Gasteiger partial charge in [0.2, 0.25) is 0 Å². The van der Waals surface area contributed by atoms with Crippen molar-refractivity contribution in [1.29, 1.82) is 0 Å². The number of ether oxygens (including phenoxy) is 1. The van der Waals surface area contributed by atoms with E-state index in [1.807, 2.05) is 18.2 Å². The van der Waals surface area contributed by atoms with Gasteiger partial charge < -0.3 is 10.1 Å². The van der Waals surface area contributed by atoms with Crippen LogP contribution in [0.3, 0.4) is 0 Å². The number of nitrogens with one attached hydrogen (secondary N) is 2. The van der Waals surface area contributed by atoms with Crippen molar-refractivity contribution < 1.29 is 4.74 Å². The Bertz CT molecular complexity index is 487. The molecule has 0 radical (unpaired) electrons. The third kappa shape index (κ3) is 3.21. The van der Waals surface area contributed by atoms with Crippen LogP contribution in [0.4, 0.5) is 0 Å². The summed E-state index contributed by atoms with van der Waals surface area (Å²) in [7, 11) is 1.64. The van der Waals surface area contributed by atoms with Crippen LogP contribution >= 0.6 is 11.6 Å². The molecule has 6 heteroatoms. The molecule has 96 valence electrons. The Labute approximate surface area is 111 Å². The minimum absolute atomic E-state index is 0.664. The Morgan fingerprint density at radius 3 is 3.06 bits per heavy atom. The lowest BCUT2D eigenvalue weighted by Crippen LogP contribution is -2.18. The molecule has 0 bridgehead atoms. The highest BCUT2D eigenvalue weighted by molar-refractivity contribution is 6.31. The largest absolute Gasteiger partial charge is 0.496 e. The number of methoxy groups -OCH3 is 1. The van der Waals surface area contributed by atoms with Crippen LogP contribution in [0, 0.1) is 0 Å². The molecule has 0 saturated carbocycles. The van der Waals surface area contributed by atoms with Crippen molar-refractivity contribution >= 4 is 11.6 Å². The number of H-pyrrole nitrogens is 1. The topological polar surface area (TPSA) is 62.8 Å². The summed E-state index contributed by atoms with van der Waals surface area (Å²) >= 11 is 6.14. The van der Waals surface area contributed by atoms with Crippen LogP contribution in [0.1, 0.15) is 11.4 Å². The first-order chi connectivity index (χ1) is 8.81. The normalized spacial score (nSPS) is 10.6. The van der Waals surface area contributed by atoms with E-state index < -0.39 is 0 Å². The van der Waals surface area contributed by atoms with Crippen LogP contribution in [0.2, 0.25) is 5.02 Å². The zero-order chi connectivity index (χ0) is 12.8. The molecule has 1 aromatic carbocycles. The maximum atomic E-state index is 6.14. The molecule has 2 N–H and O–H groups in total. The quantitative estimate of drug-likeness (QED) is 0.783. The fourth-order valence-electron chi connectivity index (χ4n) is 1.67. The van der Waals surface area contributed by atoms with Gasteiger partial charge in [0.25, 0.3) is 0 Å². The summed E-state index contributed by atoms with van der Waals surface area (Å²) in [6.07, 6.45) is 2.30. The highest BCUT2D eigenvalue weighted by atomic mass is 35.5. The van der Waals surface area contributed by atoms with Crippen LogP contribution in [-0.2, 0) is 13.0 Å². The van der Waals surface area contributed by atoms with Crippen LogP contribution < -0.4 is 10.1 Å². The monoisotopic (exact) mass is 266 g/mol. The number of aromatic amines is 1. The predicted octanol–water partition coefficient (Wildman–Crippen LogP) is 1.80. The lowest BCUT2D eigenvalue weighted by Gasteiger charge is -2.10. The van der Waals surface area contributed by atoms with E-state index in [1.54, 1.807) is 7.11 Å². The molecule has 0 aliphatic rings. The molecule has 0 aliphatic heterocycles. The van der Waals surface area contributed by atoms with Gasteiger partial charge in [-0.25, -0.2) is 4.98 Å². The van der Waals surface area contributed by atoms with Crippen molar-refractivity contribution in [2.45, 2.75) is 13.0 Å². The Kier molecular flexibility index (Phi) is 4.55. The Morgan fingerprint density at radius 2 is 2.33 bits per heavy atom. The third-order valence-corrected chi connectivity index (χ3v) is 2.96. The number of hydrogen-bond donors (Lipinski definition) is 2. The standard InChI is InChI=1S/C12H15ClN4O/c1-18-11-4-2-3-10(13)9(11)7-14-6-5-12-15-8-16-17-12/h2-4,8,14H,5-7H2,1H3,(H,15,16,17). The Hall–Kier alpha value is -1.59. The first kappa shape index (κ1) is 12.9. The van der Waals surface area contributed by atoms with Gasteiger partial charge in [-0.15, -0.1) is 0 Å². The van der Waals surface area contributed by atoms with Gasteiger partial charge in [-0.3, -0.25) is 5.10 Å². The minimum atomic E-state index is 0.664. The van der Waals surface area contributed by atoms with Gasteiger partial charge in [0.15, 0.2) is 0 Å². The van der Waals surface area contributed by atoms with E-state index in [0.717, 1.165) is 30.1 Å². The van der Waals surface area contributed by atoms with Crippen LogP contribution in [0.15, 0.2) is 24.5 Å². The van der Waals surface area contributed by atoms with Crippen LogP contribution in [0.25, 0.3) is 0 Å². The molecule has 2 rings (SSSR count). The van der Waals surface area contributed by atoms with E-state index in [4.69, 9.17) is 16.3 Å². The summed E-state index contributed by atoms with van der Waals surface area (Å²) in [6, 6.07) is 5.63. The molecular formula is C12H15ClN4O. The average Bonchev–Trinajstić information content (AvgIpc) is 2.89. The van der Waals surface area contributed by atoms with E-state index in [0.29, 0.717) is 11.6 Å². The lowest BCUT2D eigenvalue weighted by molar-refractivity contribution is 0.408. The molecular weight excluding hydrogens is 252 g/mol. The maximum Gasteiger partial charge on any atom is 0.137 e. The Morgan fingerprint density at radius 1 is 1.44 bits per heavy atom. The first-order valence-corrected chi connectivity index (χ1v) is 6.05. The predicted molar refractivity (Wildman–Crippen MR) is 69.8 cm³/mol. The number of nitrogens with zero attached hydrogens (tertiary/aromatic N) is 2. The number of rotatable bonds is 6. The minimum Gasteiger partial charge on any atom is -0.496 e. The van der Waals surface area contributed by atoms with Gasteiger partial charge in [-0.2, -0.15) is 5.10 Å². The van der Waals surface area contributed by atoms with Crippen molar-refractivity contribution in [3.05, 3.63) is 40.9 Å². The molecule has 0 spiro atoms. The molecule has 0 aliphatic carbocycles. The van der Waals surface area contributed by atoms with Crippen LogP contribution in [0.5, 0.6) is 5.75 Å². The summed E-state index contributed by atoms with van der Waals surface area (Å²) in [5.41, 5.74) is 0.972. The molecule has 2 aromatic rings. The molecule has 0 atom stereocenters. The van der Waals surface area contributed by atoms with E-state index in [2.05, 4.69) is 20.5 Å². The zero-order valence-electron chi connectivity index (χ0n) is 10.1. The van der Waals surface area contributed by atoms with Gasteiger partial charge in [-0.1, -0.05) is 17.7 Å². The van der Waals surface area contributed by atoms with Crippen molar-refractivity contribution in [3.8, 4) is 5.75 Å². The highest BCUT2D eigenvalue weighted by Crippen LogP contribution is 2.25. The fraction of sp³-hybridized carbons (Fsp3) is 0.333. The second-order valence-electron chi connectivity index (χ2n) is 3.78. The van der Waals surface area contributed by atoms with Gasteiger partial charge in [0.1, 0.15) is 17.9 Å². The molecule has 0 unspecified atom stereocenters. The number of benzene rings is 1. The second-order valence-corrected chi connectivity index (χ2v) is 4.19. The van der Waals surface area contributed by atoms with Gasteiger partial charge in [0.05, 0.1) is 7.11 Å². The summed E-state index contributed by atoms with van der Waals surface area (Å²) in [5, 5.41) is 10.6. The van der Waals surface area contributed by atoms with E-state index in [-0.39, 0.29) is 0 Å². The van der Waals surface area contributed by atoms with Crippen molar-refractivity contribution in [3.63, 3.8) is 0 Å².